The van der Waals surface area contributed by atoms with Gasteiger partial charge >= 0.3 is 0 Å². The Labute approximate surface area is 144 Å². The van der Waals surface area contributed by atoms with Crippen molar-refractivity contribution in [3.8, 4) is 5.75 Å². The van der Waals surface area contributed by atoms with E-state index in [0.29, 0.717) is 22.4 Å². The van der Waals surface area contributed by atoms with E-state index in [-0.39, 0.29) is 0 Å². The third kappa shape index (κ3) is 3.76. The summed E-state index contributed by atoms with van der Waals surface area (Å²) in [6.07, 6.45) is 5.23. The fourth-order valence-electron chi connectivity index (χ4n) is 2.15. The second kappa shape index (κ2) is 6.90. The van der Waals surface area contributed by atoms with Crippen LogP contribution in [0.1, 0.15) is 11.1 Å². The molecule has 5 heteroatoms. The molecule has 23 heavy (non-hydrogen) atoms. The average Bonchev–Trinajstić information content (AvgIpc) is 3.08. The van der Waals surface area contributed by atoms with Gasteiger partial charge in [-0.05, 0) is 35.9 Å². The highest BCUT2D eigenvalue weighted by Crippen LogP contribution is 2.30. The zero-order valence-corrected chi connectivity index (χ0v) is 13.8. The van der Waals surface area contributed by atoms with Gasteiger partial charge in [-0.1, -0.05) is 41.9 Å². The first-order valence-electron chi connectivity index (χ1n) is 6.98. The molecule has 3 nitrogen and oxygen atoms in total. The summed E-state index contributed by atoms with van der Waals surface area (Å²) in [4.78, 5) is 4.04. The van der Waals surface area contributed by atoms with Crippen LogP contribution in [0.5, 0.6) is 5.75 Å². The molecule has 0 aliphatic carbocycles. The van der Waals surface area contributed by atoms with E-state index < -0.39 is 0 Å². The van der Waals surface area contributed by atoms with Gasteiger partial charge in [-0.25, -0.2) is 4.98 Å². The molecule has 0 amide bonds. The van der Waals surface area contributed by atoms with E-state index in [1.807, 2.05) is 47.2 Å². The fraction of sp³-hybridized carbons (Fsp3) is 0.0556. The number of halogens is 2. The van der Waals surface area contributed by atoms with E-state index >= 15 is 0 Å². The minimum atomic E-state index is 0.418. The Morgan fingerprint density at radius 3 is 2.52 bits per heavy atom. The second-order valence-corrected chi connectivity index (χ2v) is 5.85. The number of hydrogen-bond acceptors (Lipinski definition) is 2. The van der Waals surface area contributed by atoms with Crippen LogP contribution in [0.2, 0.25) is 10.0 Å². The highest BCUT2D eigenvalue weighted by Gasteiger charge is 2.10. The summed E-state index contributed by atoms with van der Waals surface area (Å²) in [6, 6.07) is 13.0. The smallest absolute Gasteiger partial charge is 0.130 e. The lowest BCUT2D eigenvalue weighted by molar-refractivity contribution is 0.305. The van der Waals surface area contributed by atoms with Gasteiger partial charge in [-0.2, -0.15) is 0 Å². The molecule has 116 valence electrons. The molecule has 0 radical (unpaired) electrons. The summed E-state index contributed by atoms with van der Waals surface area (Å²) in [5.74, 6) is 0.672. The highest BCUT2D eigenvalue weighted by atomic mass is 35.5. The summed E-state index contributed by atoms with van der Waals surface area (Å²) >= 11 is 12.0. The third-order valence-corrected chi connectivity index (χ3v) is 3.87. The topological polar surface area (TPSA) is 27.1 Å². The number of rotatable bonds is 5. The van der Waals surface area contributed by atoms with Crippen molar-refractivity contribution >= 4 is 28.9 Å². The molecule has 2 aromatic carbocycles. The van der Waals surface area contributed by atoms with Crippen LogP contribution in [0.3, 0.4) is 0 Å². The Morgan fingerprint density at radius 2 is 1.83 bits per heavy atom. The Balaban J connectivity index is 1.84. The number of nitrogens with zero attached hydrogens (tertiary/aromatic N) is 2. The molecule has 3 rings (SSSR count). The van der Waals surface area contributed by atoms with Gasteiger partial charge in [0.05, 0.1) is 12.0 Å². The Kier molecular flexibility index (Phi) is 4.70. The molecule has 0 bridgehead atoms. The van der Waals surface area contributed by atoms with Crippen LogP contribution < -0.4 is 4.74 Å². The summed E-state index contributed by atoms with van der Waals surface area (Å²) < 4.78 is 7.77. The molecule has 1 aromatic heterocycles. The largest absolute Gasteiger partial charge is 0.488 e. The van der Waals surface area contributed by atoms with Crippen LogP contribution in [0, 0.1) is 0 Å². The van der Waals surface area contributed by atoms with Gasteiger partial charge in [0.25, 0.3) is 0 Å². The van der Waals surface area contributed by atoms with Crippen molar-refractivity contribution in [2.75, 3.05) is 0 Å². The van der Waals surface area contributed by atoms with Crippen LogP contribution >= 0.6 is 23.2 Å². The first-order chi connectivity index (χ1) is 11.1. The van der Waals surface area contributed by atoms with Gasteiger partial charge in [0.2, 0.25) is 0 Å². The molecular weight excluding hydrogens is 331 g/mol. The lowest BCUT2D eigenvalue weighted by atomic mass is 10.1. The van der Waals surface area contributed by atoms with Gasteiger partial charge in [0.1, 0.15) is 12.4 Å². The van der Waals surface area contributed by atoms with Crippen LogP contribution in [-0.4, -0.2) is 9.55 Å². The SMILES string of the molecule is C=C(c1ccc(Cl)cc1OCc1ccc(Cl)cc1)n1ccnc1. The molecule has 0 unspecified atom stereocenters. The third-order valence-electron chi connectivity index (χ3n) is 3.38. The first kappa shape index (κ1) is 15.7. The van der Waals surface area contributed by atoms with Crippen molar-refractivity contribution in [3.63, 3.8) is 0 Å². The monoisotopic (exact) mass is 344 g/mol. The van der Waals surface area contributed by atoms with Crippen LogP contribution in [-0.2, 0) is 6.61 Å². The van der Waals surface area contributed by atoms with Crippen molar-refractivity contribution in [2.45, 2.75) is 6.61 Å². The quantitative estimate of drug-likeness (QED) is 0.628. The predicted molar refractivity (Wildman–Crippen MR) is 93.9 cm³/mol. The lowest BCUT2D eigenvalue weighted by Crippen LogP contribution is -2.01. The van der Waals surface area contributed by atoms with Gasteiger partial charge < -0.3 is 9.30 Å². The summed E-state index contributed by atoms with van der Waals surface area (Å²) in [6.45, 7) is 4.53. The molecule has 1 heterocycles. The zero-order valence-electron chi connectivity index (χ0n) is 12.2. The molecule has 0 saturated heterocycles. The maximum absolute atomic E-state index is 6.10. The molecule has 0 saturated carbocycles. The van der Waals surface area contributed by atoms with Gasteiger partial charge in [-0.15, -0.1) is 0 Å². The normalized spacial score (nSPS) is 10.5. The molecule has 0 aliphatic heterocycles. The number of ether oxygens (including phenoxy) is 1. The maximum atomic E-state index is 6.10. The van der Waals surface area contributed by atoms with Crippen LogP contribution in [0.15, 0.2) is 67.8 Å². The lowest BCUT2D eigenvalue weighted by Gasteiger charge is -2.14. The second-order valence-electron chi connectivity index (χ2n) is 4.97. The maximum Gasteiger partial charge on any atom is 0.130 e. The van der Waals surface area contributed by atoms with Crippen molar-refractivity contribution in [1.82, 2.24) is 9.55 Å². The van der Waals surface area contributed by atoms with Gasteiger partial charge in [0, 0.05) is 28.0 Å². The zero-order chi connectivity index (χ0) is 16.2. The van der Waals surface area contributed by atoms with E-state index in [0.717, 1.165) is 16.8 Å². The van der Waals surface area contributed by atoms with Gasteiger partial charge in [-0.3, -0.25) is 0 Å². The molecule has 0 fully saturated rings. The highest BCUT2D eigenvalue weighted by molar-refractivity contribution is 6.31. The number of hydrogen-bond donors (Lipinski definition) is 0. The molecule has 0 aliphatic rings. The summed E-state index contributed by atoms with van der Waals surface area (Å²) in [7, 11) is 0. The van der Waals surface area contributed by atoms with E-state index in [9.17, 15) is 0 Å². The van der Waals surface area contributed by atoms with Crippen molar-refractivity contribution in [1.29, 1.82) is 0 Å². The standard InChI is InChI=1S/C18H14Cl2N2O/c1-13(22-9-8-21-12-22)17-7-6-16(20)10-18(17)23-11-14-2-4-15(19)5-3-14/h2-10,12H,1,11H2. The number of benzene rings is 2. The Bertz CT molecular complexity index is 812. The summed E-state index contributed by atoms with van der Waals surface area (Å²) in [5.41, 5.74) is 2.65. The van der Waals surface area contributed by atoms with E-state index in [1.54, 1.807) is 18.6 Å². The fourth-order valence-corrected chi connectivity index (χ4v) is 2.44. The Morgan fingerprint density at radius 1 is 1.09 bits per heavy atom. The van der Waals surface area contributed by atoms with E-state index in [2.05, 4.69) is 11.6 Å². The first-order valence-corrected chi connectivity index (χ1v) is 7.73. The number of imidazole rings is 1. The average molecular weight is 345 g/mol. The number of aromatic nitrogens is 2. The molecular formula is C18H14Cl2N2O. The molecule has 0 N–H and O–H groups in total. The van der Waals surface area contributed by atoms with E-state index in [1.165, 1.54) is 0 Å². The molecule has 3 aromatic rings. The van der Waals surface area contributed by atoms with Crippen molar-refractivity contribution in [2.24, 2.45) is 0 Å². The Hall–Kier alpha value is -2.23. The minimum absolute atomic E-state index is 0.418. The van der Waals surface area contributed by atoms with Gasteiger partial charge in [0.15, 0.2) is 0 Å². The summed E-state index contributed by atoms with van der Waals surface area (Å²) in [5, 5.41) is 1.31. The van der Waals surface area contributed by atoms with E-state index in [4.69, 9.17) is 27.9 Å². The molecule has 0 spiro atoms. The van der Waals surface area contributed by atoms with Crippen molar-refractivity contribution in [3.05, 3.63) is 88.9 Å². The minimum Gasteiger partial charge on any atom is -0.488 e. The predicted octanol–water partition coefficient (Wildman–Crippen LogP) is 5.29. The van der Waals surface area contributed by atoms with Crippen LogP contribution in [0.25, 0.3) is 5.70 Å². The molecule has 0 atom stereocenters. The van der Waals surface area contributed by atoms with Crippen molar-refractivity contribution < 1.29 is 4.74 Å². The van der Waals surface area contributed by atoms with Crippen LogP contribution in [0.4, 0.5) is 0 Å².